The Morgan fingerprint density at radius 2 is 0.350 bits per heavy atom. The van der Waals surface area contributed by atoms with Crippen LogP contribution in [0, 0.1) is 71.2 Å². The molecule has 0 fully saturated rings. The van der Waals surface area contributed by atoms with E-state index < -0.39 is 35.8 Å². The van der Waals surface area contributed by atoms with E-state index in [2.05, 4.69) is 125 Å². The Morgan fingerprint density at radius 3 is 0.470 bits per heavy atom. The molecule has 0 atom stereocenters. The third kappa shape index (κ3) is 34.5. The predicted octanol–water partition coefficient (Wildman–Crippen LogP) is 9.44. The minimum absolute atomic E-state index is 0. The average Bonchev–Trinajstić information content (AvgIpc) is 0.848. The fourth-order valence-corrected chi connectivity index (χ4v) is 8.60. The van der Waals surface area contributed by atoms with Crippen LogP contribution in [0.2, 0.25) is 0 Å². The third-order valence-corrected chi connectivity index (χ3v) is 14.9. The van der Waals surface area contributed by atoms with Crippen molar-refractivity contribution in [2.75, 3.05) is 0 Å². The number of carboxylic acids is 6. The van der Waals surface area contributed by atoms with Crippen molar-refractivity contribution in [3.8, 4) is 45.6 Å². The Hall–Kier alpha value is -7.77. The number of hydrogen-bond donors (Lipinski definition) is 0. The number of aromatic carboxylic acids is 6. The average molecular weight is 1980 g/mol. The Kier molecular flexibility index (Phi) is 44.9. The van der Waals surface area contributed by atoms with Gasteiger partial charge in [-0.2, -0.15) is 0 Å². The fraction of sp³-hybridized carbons (Fsp3) is 0. The second kappa shape index (κ2) is 49.7. The van der Waals surface area contributed by atoms with Gasteiger partial charge in [-0.05, 0) is 179 Å². The van der Waals surface area contributed by atoms with Gasteiger partial charge in [0.05, 0.1) is 81.4 Å². The molecule has 500 valence electrons. The van der Waals surface area contributed by atoms with E-state index in [-0.39, 0.29) is 116 Å². The molecule has 0 aliphatic carbocycles. The summed E-state index contributed by atoms with van der Waals surface area (Å²) in [5.41, 5.74) is 8.11. The molecule has 0 unspecified atom stereocenters. The first kappa shape index (κ1) is 90.2. The molecule has 12 aromatic rings. The van der Waals surface area contributed by atoms with Gasteiger partial charge in [-0.25, -0.2) is 9.97 Å². The molecule has 0 saturated carbocycles. The van der Waals surface area contributed by atoms with E-state index in [0.717, 1.165) is 72.4 Å². The van der Waals surface area contributed by atoms with Crippen molar-refractivity contribution in [2.45, 2.75) is 0 Å². The molecule has 0 spiro atoms. The minimum atomic E-state index is -1.15. The molecule has 6 heterocycles. The van der Waals surface area contributed by atoms with Crippen LogP contribution in [0.1, 0.15) is 62.1 Å². The summed E-state index contributed by atoms with van der Waals surface area (Å²) in [4.78, 5) is 87.5. The molecule has 12 rings (SSSR count). The van der Waals surface area contributed by atoms with Crippen LogP contribution in [0.5, 0.6) is 0 Å². The van der Waals surface area contributed by atoms with Crippen molar-refractivity contribution in [1.29, 1.82) is 0 Å². The maximum Gasteiger partial charge on any atom is 3.00 e. The number of hydrogen-bond acceptors (Lipinski definition) is 18. The van der Waals surface area contributed by atoms with Gasteiger partial charge in [0.15, 0.2) is 0 Å². The molecule has 6 aromatic carbocycles. The Bertz CT molecular complexity index is 3750. The smallest absolute Gasteiger partial charge is 0.545 e. The van der Waals surface area contributed by atoms with Crippen LogP contribution < -0.4 is 30.6 Å². The summed E-state index contributed by atoms with van der Waals surface area (Å²) in [5.74, 6) is -6.88. The SMILES string of the molecule is O=C([O-])c1ccc(Br)cc1.O=C([O-])c1ccc(Br)cc1.O=C([O-])c1ccc(Br)cc1.O=C([O-])c1ccc(Br)cc1.O=C([O-])c1ccc(Br)cc1.O=C([O-])c1ccc(Br)cc1.[La+3].[La+3].[OH3+].[OH3+].c1ccc(-c2cccc(-c3ccccn3)n2)nc1.c1ccc(-c2cccc(-c3ccccn3)n2)nc1. The number of aromatic nitrogens is 6. The standard InChI is InChI=1S/2C15H11N3.6C7H5BrO2.2La.2H2O/c2*1-3-10-16-12(6-1)14-8-5-9-15(18-14)13-7-2-4-11-17-13;6*8-6-3-1-5(2-4-6)7(9)10;;;;/h2*1-11H;6*1-4H,(H,9,10);;;2*1H2/q;;;;;;;;2*+3;;/p-4. The zero-order valence-corrected chi connectivity index (χ0v) is 68.5. The number of pyridine rings is 6. The zero-order chi connectivity index (χ0) is 69.8. The summed E-state index contributed by atoms with van der Waals surface area (Å²) in [5, 5.41) is 61.1. The number of halogens is 6. The van der Waals surface area contributed by atoms with Crippen LogP contribution in [0.15, 0.2) is 306 Å². The quantitative estimate of drug-likeness (QED) is 0.115. The van der Waals surface area contributed by atoms with Crippen molar-refractivity contribution < 1.29 is 142 Å². The molecule has 0 amide bonds. The third-order valence-electron chi connectivity index (χ3n) is 11.7. The van der Waals surface area contributed by atoms with Crippen LogP contribution in [0.4, 0.5) is 0 Å². The molecule has 6 aromatic heterocycles. The second-order valence-electron chi connectivity index (χ2n) is 18.4. The largest absolute Gasteiger partial charge is 3.00 e. The number of carbonyl (C=O) groups excluding carboxylic acids is 6. The summed E-state index contributed by atoms with van der Waals surface area (Å²) >= 11 is 19.1. The second-order valence-corrected chi connectivity index (χ2v) is 23.9. The van der Waals surface area contributed by atoms with E-state index in [1.165, 1.54) is 72.8 Å². The maximum absolute atomic E-state index is 10.2. The molecule has 0 aliphatic rings. The molecule has 0 saturated heterocycles. The number of carbonyl (C=O) groups is 6. The van der Waals surface area contributed by atoms with Crippen molar-refractivity contribution in [3.05, 3.63) is 340 Å². The first-order valence-corrected chi connectivity index (χ1v) is 32.2. The summed E-state index contributed by atoms with van der Waals surface area (Å²) < 4.78 is 5.15. The number of rotatable bonds is 10. The van der Waals surface area contributed by atoms with Gasteiger partial charge in [0.2, 0.25) is 0 Å². The topological polar surface area (TPSA) is 384 Å². The Labute approximate surface area is 680 Å². The van der Waals surface area contributed by atoms with Gasteiger partial charge in [0.25, 0.3) is 0 Å². The van der Waals surface area contributed by atoms with Crippen molar-refractivity contribution in [3.63, 3.8) is 0 Å². The molecule has 28 heteroatoms. The van der Waals surface area contributed by atoms with Crippen LogP contribution in [0.3, 0.4) is 0 Å². The molecule has 100 heavy (non-hydrogen) atoms. The van der Waals surface area contributed by atoms with Gasteiger partial charge in [-0.1, -0.05) is 205 Å². The van der Waals surface area contributed by atoms with Crippen LogP contribution >= 0.6 is 95.6 Å². The summed E-state index contributed by atoms with van der Waals surface area (Å²) in [7, 11) is 0. The molecule has 0 bridgehead atoms. The van der Waals surface area contributed by atoms with Crippen LogP contribution in [0.25, 0.3) is 45.6 Å². The number of benzene rings is 6. The summed E-state index contributed by atoms with van der Waals surface area (Å²) in [6.07, 6.45) is 7.07. The number of nitrogens with zero attached hydrogens (tertiary/aromatic N) is 6. The van der Waals surface area contributed by atoms with E-state index in [1.54, 1.807) is 97.6 Å². The van der Waals surface area contributed by atoms with Gasteiger partial charge in [0, 0.05) is 51.6 Å². The van der Waals surface area contributed by atoms with Gasteiger partial charge in [0.1, 0.15) is 0 Å². The predicted molar refractivity (Wildman–Crippen MR) is 382 cm³/mol. The maximum atomic E-state index is 10.2. The van der Waals surface area contributed by atoms with Gasteiger partial charge < -0.3 is 70.4 Å². The van der Waals surface area contributed by atoms with Crippen LogP contribution in [-0.2, 0) is 11.0 Å². The number of carboxylic acid groups (broad SMARTS) is 6. The van der Waals surface area contributed by atoms with Crippen LogP contribution in [-0.4, -0.2) is 65.7 Å². The van der Waals surface area contributed by atoms with Gasteiger partial charge >= 0.3 is 71.2 Å². The van der Waals surface area contributed by atoms with E-state index in [9.17, 15) is 59.4 Å². The first-order valence-electron chi connectivity index (χ1n) is 27.5. The van der Waals surface area contributed by atoms with Crippen molar-refractivity contribution in [1.82, 2.24) is 29.9 Å². The van der Waals surface area contributed by atoms with E-state index >= 15 is 0 Å². The van der Waals surface area contributed by atoms with Crippen molar-refractivity contribution >= 4 is 131 Å². The monoisotopic (exact) mass is 1980 g/mol. The van der Waals surface area contributed by atoms with E-state index in [0.29, 0.717) is 0 Å². The molecule has 0 radical (unpaired) electrons. The molecule has 20 nitrogen and oxygen atoms in total. The summed E-state index contributed by atoms with van der Waals surface area (Å²) in [6, 6.07) is 72.7. The molecular weight excluding hydrogens is 1930 g/mol. The van der Waals surface area contributed by atoms with Gasteiger partial charge in [-0.15, -0.1) is 0 Å². The normalized spacial score (nSPS) is 9.26. The first-order chi connectivity index (χ1) is 46.1. The Balaban J connectivity index is 0.000000577. The molecular formula is C72H52Br6La2N6O14+2. The molecule has 0 aliphatic heterocycles. The zero-order valence-electron chi connectivity index (χ0n) is 51.7. The minimum Gasteiger partial charge on any atom is -0.545 e. The Morgan fingerprint density at radius 1 is 0.210 bits per heavy atom. The van der Waals surface area contributed by atoms with Gasteiger partial charge in [-0.3, -0.25) is 19.9 Å². The van der Waals surface area contributed by atoms with E-state index in [4.69, 9.17) is 0 Å². The summed E-state index contributed by atoms with van der Waals surface area (Å²) in [6.45, 7) is 0. The fourth-order valence-electron chi connectivity index (χ4n) is 7.01. The van der Waals surface area contributed by atoms with Crippen molar-refractivity contribution in [2.24, 2.45) is 0 Å². The molecule has 6 N–H and O–H groups in total. The van der Waals surface area contributed by atoms with E-state index in [1.807, 2.05) is 109 Å².